The molecule has 2 aromatic heterocycles. The van der Waals surface area contributed by atoms with E-state index < -0.39 is 5.97 Å². The van der Waals surface area contributed by atoms with Crippen LogP contribution in [-0.4, -0.2) is 26.5 Å². The number of phenolic OH excluding ortho intramolecular Hbond substituents is 1. The van der Waals surface area contributed by atoms with Crippen LogP contribution in [0.5, 0.6) is 17.2 Å². The number of carboxylic acids is 1. The summed E-state index contributed by atoms with van der Waals surface area (Å²) in [5.74, 6) is -0.139. The van der Waals surface area contributed by atoms with Gasteiger partial charge in [0.05, 0.1) is 5.69 Å². The van der Waals surface area contributed by atoms with Crippen LogP contribution in [-0.2, 0) is 11.8 Å². The highest BCUT2D eigenvalue weighted by Gasteiger charge is 2.23. The van der Waals surface area contributed by atoms with Crippen molar-refractivity contribution < 1.29 is 24.5 Å². The molecule has 2 aromatic carbocycles. The molecule has 0 radical (unpaired) electrons. The molecule has 0 spiro atoms. The molecule has 0 unspecified atom stereocenters. The summed E-state index contributed by atoms with van der Waals surface area (Å²) in [6.07, 6.45) is 4.35. The van der Waals surface area contributed by atoms with Crippen LogP contribution in [0.3, 0.4) is 0 Å². The van der Waals surface area contributed by atoms with E-state index >= 15 is 0 Å². The number of hydrogen-bond donors (Lipinski definition) is 2. The van der Waals surface area contributed by atoms with Crippen LogP contribution in [0.4, 0.5) is 0 Å². The van der Waals surface area contributed by atoms with Gasteiger partial charge in [-0.1, -0.05) is 12.1 Å². The van der Waals surface area contributed by atoms with Crippen LogP contribution in [0.1, 0.15) is 20.9 Å². The van der Waals surface area contributed by atoms with E-state index in [0.717, 1.165) is 16.2 Å². The Kier molecular flexibility index (Phi) is 5.12. The fourth-order valence-electron chi connectivity index (χ4n) is 3.06. The zero-order chi connectivity index (χ0) is 21.3. The zero-order valence-corrected chi connectivity index (χ0v) is 16.7. The van der Waals surface area contributed by atoms with Gasteiger partial charge in [0.1, 0.15) is 16.4 Å². The molecule has 150 valence electrons. The molecule has 2 N–H and O–H groups in total. The molecule has 30 heavy (non-hydrogen) atoms. The van der Waals surface area contributed by atoms with Gasteiger partial charge in [-0.05, 0) is 54.1 Å². The topological polar surface area (TPSA) is 88.8 Å². The quantitative estimate of drug-likeness (QED) is 0.337. The third kappa shape index (κ3) is 3.83. The van der Waals surface area contributed by atoms with Gasteiger partial charge in [0.2, 0.25) is 5.78 Å². The first-order valence-electron chi connectivity index (χ1n) is 9.03. The molecular weight excluding hydrogens is 402 g/mol. The van der Waals surface area contributed by atoms with Gasteiger partial charge in [0.15, 0.2) is 5.75 Å². The predicted octanol–water partition coefficient (Wildman–Crippen LogP) is 5.07. The number of ether oxygens (including phenoxy) is 1. The molecule has 0 fully saturated rings. The Balaban J connectivity index is 1.75. The van der Waals surface area contributed by atoms with Crippen molar-refractivity contribution in [3.05, 3.63) is 83.0 Å². The van der Waals surface area contributed by atoms with Crippen LogP contribution in [0, 0.1) is 0 Å². The van der Waals surface area contributed by atoms with Crippen molar-refractivity contribution in [2.45, 2.75) is 0 Å². The number of carboxylic acid groups (broad SMARTS) is 1. The maximum Gasteiger partial charge on any atom is 0.328 e. The molecule has 2 heterocycles. The Bertz CT molecular complexity index is 1280. The lowest BCUT2D eigenvalue weighted by atomic mass is 10.1. The molecule has 0 aliphatic rings. The number of benzene rings is 2. The van der Waals surface area contributed by atoms with E-state index in [2.05, 4.69) is 0 Å². The van der Waals surface area contributed by atoms with Gasteiger partial charge in [0.25, 0.3) is 0 Å². The van der Waals surface area contributed by atoms with Gasteiger partial charge in [-0.15, -0.1) is 11.3 Å². The summed E-state index contributed by atoms with van der Waals surface area (Å²) in [6, 6.07) is 15.3. The minimum atomic E-state index is -1.02. The second-order valence-electron chi connectivity index (χ2n) is 6.62. The standard InChI is InChI=1S/C23H17NO5S/c1-24-12-2-3-18(24)21(28)23-22(17-10-7-15(25)13-19(17)30-23)29-16-8-4-14(5-9-16)6-11-20(26)27/h2-13,25H,1H3,(H,26,27)/b11-6+. The minimum Gasteiger partial charge on any atom is -0.508 e. The van der Waals surface area contributed by atoms with Crippen molar-refractivity contribution in [3.8, 4) is 17.2 Å². The smallest absolute Gasteiger partial charge is 0.328 e. The SMILES string of the molecule is Cn1cccc1C(=O)c1sc2cc(O)ccc2c1Oc1ccc(/C=C/C(=O)O)cc1. The molecule has 6 nitrogen and oxygen atoms in total. The van der Waals surface area contributed by atoms with E-state index in [-0.39, 0.29) is 11.5 Å². The number of aryl methyl sites for hydroxylation is 1. The Morgan fingerprint density at radius 2 is 1.87 bits per heavy atom. The van der Waals surface area contributed by atoms with Crippen LogP contribution in [0.2, 0.25) is 0 Å². The second kappa shape index (κ2) is 7.88. The van der Waals surface area contributed by atoms with Gasteiger partial charge in [-0.25, -0.2) is 4.79 Å². The average molecular weight is 419 g/mol. The third-order valence-corrected chi connectivity index (χ3v) is 5.66. The Morgan fingerprint density at radius 3 is 2.53 bits per heavy atom. The first kappa shape index (κ1) is 19.5. The predicted molar refractivity (Wildman–Crippen MR) is 116 cm³/mol. The molecule has 0 aliphatic carbocycles. The number of carbonyl (C=O) groups excluding carboxylic acids is 1. The lowest BCUT2D eigenvalue weighted by Crippen LogP contribution is -2.06. The number of rotatable bonds is 6. The van der Waals surface area contributed by atoms with E-state index in [1.54, 1.807) is 72.4 Å². The van der Waals surface area contributed by atoms with E-state index in [1.165, 1.54) is 17.4 Å². The Labute approximate surface area is 175 Å². The van der Waals surface area contributed by atoms with Crippen LogP contribution in [0.15, 0.2) is 66.9 Å². The Hall–Kier alpha value is -3.84. The fraction of sp³-hybridized carbons (Fsp3) is 0.0435. The summed E-state index contributed by atoms with van der Waals surface area (Å²) in [6.45, 7) is 0. The highest BCUT2D eigenvalue weighted by atomic mass is 32.1. The number of thiophene rings is 1. The fourth-order valence-corrected chi connectivity index (χ4v) is 4.17. The first-order valence-corrected chi connectivity index (χ1v) is 9.84. The van der Waals surface area contributed by atoms with Crippen molar-refractivity contribution in [2.24, 2.45) is 7.05 Å². The summed E-state index contributed by atoms with van der Waals surface area (Å²) < 4.78 is 8.59. The number of aliphatic carboxylic acids is 1. The zero-order valence-electron chi connectivity index (χ0n) is 15.9. The highest BCUT2D eigenvalue weighted by molar-refractivity contribution is 7.21. The molecule has 0 bridgehead atoms. The second-order valence-corrected chi connectivity index (χ2v) is 7.67. The molecule has 0 saturated carbocycles. The summed E-state index contributed by atoms with van der Waals surface area (Å²) in [5.41, 5.74) is 1.25. The minimum absolute atomic E-state index is 0.114. The number of ketones is 1. The van der Waals surface area contributed by atoms with E-state index in [9.17, 15) is 14.7 Å². The molecule has 0 amide bonds. The lowest BCUT2D eigenvalue weighted by molar-refractivity contribution is -0.131. The van der Waals surface area contributed by atoms with Gasteiger partial charge in [0, 0.05) is 29.4 Å². The molecule has 0 aliphatic heterocycles. The maximum absolute atomic E-state index is 13.2. The van der Waals surface area contributed by atoms with E-state index in [0.29, 0.717) is 27.6 Å². The largest absolute Gasteiger partial charge is 0.508 e. The molecule has 0 saturated heterocycles. The van der Waals surface area contributed by atoms with Crippen molar-refractivity contribution in [3.63, 3.8) is 0 Å². The number of hydrogen-bond acceptors (Lipinski definition) is 5. The Morgan fingerprint density at radius 1 is 1.10 bits per heavy atom. The number of fused-ring (bicyclic) bond motifs is 1. The van der Waals surface area contributed by atoms with Gasteiger partial charge < -0.3 is 19.5 Å². The maximum atomic E-state index is 13.2. The average Bonchev–Trinajstić information content (AvgIpc) is 3.30. The number of phenols is 1. The van der Waals surface area contributed by atoms with E-state index in [4.69, 9.17) is 9.84 Å². The summed E-state index contributed by atoms with van der Waals surface area (Å²) in [4.78, 5) is 24.3. The third-order valence-electron chi connectivity index (χ3n) is 4.53. The monoisotopic (exact) mass is 419 g/mol. The van der Waals surface area contributed by atoms with Gasteiger partial charge >= 0.3 is 5.97 Å². The van der Waals surface area contributed by atoms with E-state index in [1.807, 2.05) is 0 Å². The lowest BCUT2D eigenvalue weighted by Gasteiger charge is -2.08. The van der Waals surface area contributed by atoms with Crippen molar-refractivity contribution in [1.29, 1.82) is 0 Å². The normalized spacial score (nSPS) is 11.2. The molecular formula is C23H17NO5S. The number of carbonyl (C=O) groups is 2. The number of aromatic hydroxyl groups is 1. The highest BCUT2D eigenvalue weighted by Crippen LogP contribution is 2.42. The summed E-state index contributed by atoms with van der Waals surface area (Å²) in [5, 5.41) is 19.3. The number of aromatic nitrogens is 1. The van der Waals surface area contributed by atoms with Crippen LogP contribution < -0.4 is 4.74 Å². The van der Waals surface area contributed by atoms with Gasteiger partial charge in [-0.2, -0.15) is 0 Å². The van der Waals surface area contributed by atoms with Crippen LogP contribution in [0.25, 0.3) is 16.2 Å². The van der Waals surface area contributed by atoms with Gasteiger partial charge in [-0.3, -0.25) is 4.79 Å². The molecule has 4 aromatic rings. The number of nitrogens with zero attached hydrogens (tertiary/aromatic N) is 1. The summed E-state index contributed by atoms with van der Waals surface area (Å²) >= 11 is 1.26. The van der Waals surface area contributed by atoms with Crippen LogP contribution >= 0.6 is 11.3 Å². The summed E-state index contributed by atoms with van der Waals surface area (Å²) in [7, 11) is 1.80. The molecule has 0 atom stereocenters. The molecule has 4 rings (SSSR count). The van der Waals surface area contributed by atoms with Crippen molar-refractivity contribution in [1.82, 2.24) is 4.57 Å². The molecule has 7 heteroatoms. The van der Waals surface area contributed by atoms with Crippen molar-refractivity contribution in [2.75, 3.05) is 0 Å². The first-order chi connectivity index (χ1) is 14.4. The van der Waals surface area contributed by atoms with Crippen molar-refractivity contribution >= 4 is 39.3 Å².